The Balaban J connectivity index is 2.38. The monoisotopic (exact) mass is 426 g/mol. The van der Waals surface area contributed by atoms with E-state index in [9.17, 15) is 9.59 Å². The first kappa shape index (κ1) is 22.2. The van der Waals surface area contributed by atoms with Gasteiger partial charge in [0.2, 0.25) is 5.43 Å². The van der Waals surface area contributed by atoms with Crippen LogP contribution < -0.4 is 19.6 Å². The van der Waals surface area contributed by atoms with Gasteiger partial charge < -0.3 is 23.4 Å². The summed E-state index contributed by atoms with van der Waals surface area (Å²) in [5.74, 6) is 0.714. The molecule has 0 amide bonds. The molecule has 0 N–H and O–H groups in total. The molecule has 0 unspecified atom stereocenters. The second kappa shape index (κ2) is 9.12. The van der Waals surface area contributed by atoms with Gasteiger partial charge in [-0.15, -0.1) is 0 Å². The summed E-state index contributed by atoms with van der Waals surface area (Å²) in [5, 5.41) is 0.524. The number of allylic oxidation sites excluding steroid dienone is 1. The van der Waals surface area contributed by atoms with E-state index in [0.717, 1.165) is 11.1 Å². The van der Waals surface area contributed by atoms with Crippen LogP contribution in [0.25, 0.3) is 21.9 Å². The maximum absolute atomic E-state index is 13.6. The molecule has 2 aromatic carbocycles. The molecule has 7 heteroatoms. The Morgan fingerprint density at radius 2 is 1.77 bits per heavy atom. The number of fused-ring (bicyclic) bond motifs is 2. The highest BCUT2D eigenvalue weighted by Gasteiger charge is 2.22. The second-order valence-corrected chi connectivity index (χ2v) is 7.35. The minimum atomic E-state index is -0.464. The standard InChI is InChI=1S/C24H26O7/c1-13(2)9-10-29-23-14(3)11-19-20(16(23)12-30-15(4)25)22(26)21-17(31-19)7-8-18(27-5)24(21)28-6/h7-9,11H,10,12H2,1-6H3. The van der Waals surface area contributed by atoms with E-state index in [2.05, 4.69) is 0 Å². The smallest absolute Gasteiger partial charge is 0.302 e. The summed E-state index contributed by atoms with van der Waals surface area (Å²) in [5.41, 5.74) is 2.74. The normalized spacial score (nSPS) is 10.8. The number of methoxy groups -OCH3 is 2. The summed E-state index contributed by atoms with van der Waals surface area (Å²) in [6.45, 7) is 7.30. The van der Waals surface area contributed by atoms with Gasteiger partial charge in [0.1, 0.15) is 35.5 Å². The largest absolute Gasteiger partial charge is 0.493 e. The number of benzene rings is 2. The summed E-state index contributed by atoms with van der Waals surface area (Å²) in [6, 6.07) is 5.10. The molecule has 0 aliphatic rings. The van der Waals surface area contributed by atoms with Crippen molar-refractivity contribution in [2.24, 2.45) is 0 Å². The maximum Gasteiger partial charge on any atom is 0.302 e. The third kappa shape index (κ3) is 4.35. The van der Waals surface area contributed by atoms with Gasteiger partial charge in [-0.05, 0) is 50.6 Å². The molecule has 0 spiro atoms. The van der Waals surface area contributed by atoms with Crippen LogP contribution in [0.15, 0.2) is 39.1 Å². The number of carbonyl (C=O) groups excluding carboxylic acids is 1. The van der Waals surface area contributed by atoms with Crippen LogP contribution in [-0.2, 0) is 16.1 Å². The molecule has 7 nitrogen and oxygen atoms in total. The zero-order valence-corrected chi connectivity index (χ0v) is 18.6. The first-order valence-corrected chi connectivity index (χ1v) is 9.82. The fourth-order valence-corrected chi connectivity index (χ4v) is 3.42. The molecule has 1 aromatic heterocycles. The zero-order valence-electron chi connectivity index (χ0n) is 18.6. The molecule has 0 saturated heterocycles. The van der Waals surface area contributed by atoms with Crippen LogP contribution in [0.3, 0.4) is 0 Å². The number of hydrogen-bond acceptors (Lipinski definition) is 7. The van der Waals surface area contributed by atoms with E-state index in [1.165, 1.54) is 21.1 Å². The third-order valence-electron chi connectivity index (χ3n) is 4.85. The van der Waals surface area contributed by atoms with E-state index >= 15 is 0 Å². The van der Waals surface area contributed by atoms with Gasteiger partial charge in [0.15, 0.2) is 11.5 Å². The van der Waals surface area contributed by atoms with Crippen molar-refractivity contribution in [2.75, 3.05) is 20.8 Å². The zero-order chi connectivity index (χ0) is 22.7. The first-order chi connectivity index (χ1) is 14.8. The lowest BCUT2D eigenvalue weighted by molar-refractivity contribution is -0.142. The molecule has 31 heavy (non-hydrogen) atoms. The minimum Gasteiger partial charge on any atom is -0.493 e. The molecule has 3 aromatic rings. The Kier molecular flexibility index (Phi) is 6.53. The van der Waals surface area contributed by atoms with Crippen LogP contribution in [0, 0.1) is 6.92 Å². The van der Waals surface area contributed by atoms with Crippen molar-refractivity contribution in [3.63, 3.8) is 0 Å². The van der Waals surface area contributed by atoms with Crippen LogP contribution in [0.4, 0.5) is 0 Å². The molecule has 3 rings (SSSR count). The van der Waals surface area contributed by atoms with E-state index in [-0.39, 0.29) is 28.6 Å². The predicted molar refractivity (Wildman–Crippen MR) is 118 cm³/mol. The lowest BCUT2D eigenvalue weighted by Crippen LogP contribution is -2.12. The molecule has 1 heterocycles. The second-order valence-electron chi connectivity index (χ2n) is 7.35. The number of carbonyl (C=O) groups is 1. The predicted octanol–water partition coefficient (Wildman–Crippen LogP) is 4.68. The molecule has 164 valence electrons. The van der Waals surface area contributed by atoms with E-state index in [0.29, 0.717) is 34.8 Å². The van der Waals surface area contributed by atoms with Gasteiger partial charge in [-0.1, -0.05) is 5.57 Å². The highest BCUT2D eigenvalue weighted by molar-refractivity contribution is 5.97. The lowest BCUT2D eigenvalue weighted by atomic mass is 10.0. The van der Waals surface area contributed by atoms with Crippen molar-refractivity contribution < 1.29 is 28.2 Å². The number of hydrogen-bond donors (Lipinski definition) is 0. The lowest BCUT2D eigenvalue weighted by Gasteiger charge is -2.17. The van der Waals surface area contributed by atoms with Crippen LogP contribution in [0.1, 0.15) is 31.9 Å². The Morgan fingerprint density at radius 1 is 1.03 bits per heavy atom. The van der Waals surface area contributed by atoms with Gasteiger partial charge in [0.25, 0.3) is 0 Å². The van der Waals surface area contributed by atoms with Crippen LogP contribution >= 0.6 is 0 Å². The van der Waals surface area contributed by atoms with Crippen LogP contribution in [0.2, 0.25) is 0 Å². The summed E-state index contributed by atoms with van der Waals surface area (Å²) < 4.78 is 28.1. The Hall–Kier alpha value is -3.48. The fraction of sp³-hybridized carbons (Fsp3) is 0.333. The third-order valence-corrected chi connectivity index (χ3v) is 4.85. The summed E-state index contributed by atoms with van der Waals surface area (Å²) in [4.78, 5) is 25.2. The molecular weight excluding hydrogens is 400 g/mol. The van der Waals surface area contributed by atoms with Crippen molar-refractivity contribution in [1.82, 2.24) is 0 Å². The summed E-state index contributed by atoms with van der Waals surface area (Å²) >= 11 is 0. The maximum atomic E-state index is 13.6. The van der Waals surface area contributed by atoms with Gasteiger partial charge in [0.05, 0.1) is 19.6 Å². The number of esters is 1. The van der Waals surface area contributed by atoms with Gasteiger partial charge in [-0.25, -0.2) is 0 Å². The van der Waals surface area contributed by atoms with Crippen molar-refractivity contribution in [1.29, 1.82) is 0 Å². The van der Waals surface area contributed by atoms with Gasteiger partial charge in [0, 0.05) is 12.5 Å². The molecule has 0 fully saturated rings. The highest BCUT2D eigenvalue weighted by atomic mass is 16.5. The Bertz CT molecular complexity index is 1230. The Labute approximate surface area is 180 Å². The number of ether oxygens (including phenoxy) is 4. The molecule has 0 aliphatic carbocycles. The van der Waals surface area contributed by atoms with Crippen molar-refractivity contribution >= 4 is 27.9 Å². The molecule has 0 saturated carbocycles. The topological polar surface area (TPSA) is 84.2 Å². The highest BCUT2D eigenvalue weighted by Crippen LogP contribution is 2.38. The molecular formula is C24H26O7. The van der Waals surface area contributed by atoms with Crippen LogP contribution in [-0.4, -0.2) is 26.8 Å². The summed E-state index contributed by atoms with van der Waals surface area (Å²) in [7, 11) is 2.96. The fourth-order valence-electron chi connectivity index (χ4n) is 3.42. The first-order valence-electron chi connectivity index (χ1n) is 9.82. The SMILES string of the molecule is COc1ccc2oc3cc(C)c(OCC=C(C)C)c(COC(C)=O)c3c(=O)c2c1OC. The molecule has 0 bridgehead atoms. The Morgan fingerprint density at radius 3 is 2.39 bits per heavy atom. The summed E-state index contributed by atoms with van der Waals surface area (Å²) in [6.07, 6.45) is 1.93. The van der Waals surface area contributed by atoms with E-state index in [1.54, 1.807) is 18.2 Å². The average Bonchev–Trinajstić information content (AvgIpc) is 2.72. The molecule has 0 atom stereocenters. The molecule has 0 aliphatic heterocycles. The quantitative estimate of drug-likeness (QED) is 0.308. The van der Waals surface area contributed by atoms with E-state index in [1.807, 2.05) is 26.8 Å². The van der Waals surface area contributed by atoms with Crippen LogP contribution in [0.5, 0.6) is 17.2 Å². The van der Waals surface area contributed by atoms with Crippen molar-refractivity contribution in [3.8, 4) is 17.2 Å². The molecule has 0 radical (unpaired) electrons. The van der Waals surface area contributed by atoms with Gasteiger partial charge >= 0.3 is 5.97 Å². The number of aryl methyl sites for hydroxylation is 1. The van der Waals surface area contributed by atoms with E-state index < -0.39 is 5.97 Å². The van der Waals surface area contributed by atoms with Crippen molar-refractivity contribution in [2.45, 2.75) is 34.3 Å². The average molecular weight is 426 g/mol. The van der Waals surface area contributed by atoms with E-state index in [4.69, 9.17) is 23.4 Å². The minimum absolute atomic E-state index is 0.125. The number of rotatable bonds is 7. The van der Waals surface area contributed by atoms with Crippen molar-refractivity contribution in [3.05, 3.63) is 51.2 Å². The van der Waals surface area contributed by atoms with Gasteiger partial charge in [-0.2, -0.15) is 0 Å². The van der Waals surface area contributed by atoms with Gasteiger partial charge in [-0.3, -0.25) is 9.59 Å².